The van der Waals surface area contributed by atoms with Crippen molar-refractivity contribution in [3.8, 4) is 0 Å². The molecule has 0 bridgehead atoms. The maximum Gasteiger partial charge on any atom is 0.179 e. The van der Waals surface area contributed by atoms with Crippen LogP contribution in [0.1, 0.15) is 0 Å². The summed E-state index contributed by atoms with van der Waals surface area (Å²) in [5, 5.41) is 14.4. The topological polar surface area (TPSA) is 23.6 Å². The van der Waals surface area contributed by atoms with Crippen LogP contribution in [0, 0.1) is 0 Å². The van der Waals surface area contributed by atoms with Crippen LogP contribution in [0.4, 0.5) is 34.1 Å². The van der Waals surface area contributed by atoms with Gasteiger partial charge in [-0.05, 0) is 91.6 Å². The van der Waals surface area contributed by atoms with Crippen molar-refractivity contribution in [2.75, 3.05) is 9.80 Å². The van der Waals surface area contributed by atoms with Crippen LogP contribution >= 0.6 is 7.14 Å². The highest BCUT2D eigenvalue weighted by molar-refractivity contribution is 7.86. The number of nitrogens with zero attached hydrogens (tertiary/aromatic N) is 2. The van der Waals surface area contributed by atoms with E-state index >= 15 is 4.57 Å². The van der Waals surface area contributed by atoms with Crippen LogP contribution in [0.5, 0.6) is 0 Å². The van der Waals surface area contributed by atoms with Crippen LogP contribution in [0.15, 0.2) is 176 Å². The highest BCUT2D eigenvalue weighted by Gasteiger charge is 2.49. The maximum atomic E-state index is 17.1. The first kappa shape index (κ1) is 28.3. The minimum atomic E-state index is -3.50. The summed E-state index contributed by atoms with van der Waals surface area (Å²) in [5.74, 6) is 0. The second-order valence-corrected chi connectivity index (χ2v) is 16.6. The molecule has 0 spiro atoms. The van der Waals surface area contributed by atoms with Gasteiger partial charge in [0.2, 0.25) is 0 Å². The molecular formula is C48H29N2OP. The fourth-order valence-electron chi connectivity index (χ4n) is 9.31. The molecule has 0 saturated heterocycles. The Bertz CT molecular complexity index is 3140. The van der Waals surface area contributed by atoms with Gasteiger partial charge in [-0.2, -0.15) is 0 Å². The molecule has 0 N–H and O–H groups in total. The number of hydrogen-bond acceptors (Lipinski definition) is 3. The van der Waals surface area contributed by atoms with Crippen molar-refractivity contribution in [3.05, 3.63) is 176 Å². The molecule has 2 heterocycles. The van der Waals surface area contributed by atoms with Crippen LogP contribution < -0.4 is 25.7 Å². The van der Waals surface area contributed by atoms with Crippen molar-refractivity contribution >= 4 is 111 Å². The summed E-state index contributed by atoms with van der Waals surface area (Å²) < 4.78 is 17.1. The zero-order valence-electron chi connectivity index (χ0n) is 28.0. The first-order chi connectivity index (χ1) is 25.7. The average Bonchev–Trinajstić information content (AvgIpc) is 3.20. The van der Waals surface area contributed by atoms with Gasteiger partial charge in [0.15, 0.2) is 7.14 Å². The molecule has 242 valence electrons. The molecule has 0 amide bonds. The van der Waals surface area contributed by atoms with Crippen LogP contribution in [0.25, 0.3) is 53.9 Å². The van der Waals surface area contributed by atoms with Crippen LogP contribution in [0.2, 0.25) is 0 Å². The van der Waals surface area contributed by atoms with Gasteiger partial charge in [0.1, 0.15) is 0 Å². The van der Waals surface area contributed by atoms with Crippen molar-refractivity contribution in [2.24, 2.45) is 0 Å². The Morgan fingerprint density at radius 1 is 0.365 bits per heavy atom. The molecule has 1 atom stereocenters. The third kappa shape index (κ3) is 3.49. The number of hydrogen-bond donors (Lipinski definition) is 0. The summed E-state index contributed by atoms with van der Waals surface area (Å²) in [6, 6.07) is 62.7. The molecule has 0 fully saturated rings. The van der Waals surface area contributed by atoms with Gasteiger partial charge in [-0.15, -0.1) is 0 Å². The normalized spacial score (nSPS) is 16.2. The van der Waals surface area contributed by atoms with Gasteiger partial charge in [-0.25, -0.2) is 0 Å². The number of fused-ring (bicyclic) bond motifs is 9. The van der Waals surface area contributed by atoms with E-state index in [0.717, 1.165) is 71.6 Å². The number of anilines is 6. The molecule has 10 aromatic carbocycles. The van der Waals surface area contributed by atoms with Crippen molar-refractivity contribution in [1.29, 1.82) is 0 Å². The lowest BCUT2D eigenvalue weighted by Gasteiger charge is -2.45. The van der Waals surface area contributed by atoms with Gasteiger partial charge in [0.05, 0.1) is 28.1 Å². The standard InChI is InChI=1S/C48H29N2OP/c51-52-42-28-27-37-36-18-8-7-11-30(36)23-25-38(37)46(42)49(34-14-3-1-4-15-34)40-19-10-20-41(48(40)52)50(35-16-5-2-6-17-35)47-39-26-24-32-13-9-12-31-21-22-33(29-43(47)52)45(39)44(31)32/h1-29H. The van der Waals surface area contributed by atoms with E-state index in [1.165, 1.54) is 32.3 Å². The Kier molecular flexibility index (Phi) is 5.50. The van der Waals surface area contributed by atoms with Crippen LogP contribution in [-0.2, 0) is 4.57 Å². The van der Waals surface area contributed by atoms with E-state index in [9.17, 15) is 0 Å². The van der Waals surface area contributed by atoms with Gasteiger partial charge < -0.3 is 14.4 Å². The van der Waals surface area contributed by atoms with E-state index in [4.69, 9.17) is 0 Å². The van der Waals surface area contributed by atoms with Gasteiger partial charge in [-0.1, -0.05) is 127 Å². The quantitative estimate of drug-likeness (QED) is 0.134. The van der Waals surface area contributed by atoms with Gasteiger partial charge in [0.25, 0.3) is 0 Å². The van der Waals surface area contributed by atoms with E-state index in [2.05, 4.69) is 186 Å². The molecule has 1 unspecified atom stereocenters. The number of benzene rings is 10. The van der Waals surface area contributed by atoms with E-state index in [0.29, 0.717) is 0 Å². The highest BCUT2D eigenvalue weighted by Crippen LogP contribution is 2.63. The van der Waals surface area contributed by atoms with Crippen molar-refractivity contribution in [3.63, 3.8) is 0 Å². The molecule has 0 radical (unpaired) electrons. The first-order valence-electron chi connectivity index (χ1n) is 17.8. The minimum absolute atomic E-state index is 0.876. The van der Waals surface area contributed by atoms with Crippen molar-refractivity contribution in [1.82, 2.24) is 0 Å². The molecule has 2 aliphatic heterocycles. The lowest BCUT2D eigenvalue weighted by atomic mass is 9.93. The monoisotopic (exact) mass is 680 g/mol. The molecule has 0 saturated carbocycles. The molecule has 0 aromatic heterocycles. The SMILES string of the molecule is O=P12c3ccc4c(ccc5ccccc54)c3N(c3ccccc3)c3cccc(c31)N(c1ccccc1)c1c2cc2ccc3cccc4ccc1c2c34. The smallest absolute Gasteiger partial charge is 0.179 e. The van der Waals surface area contributed by atoms with E-state index in [-0.39, 0.29) is 0 Å². The molecular weight excluding hydrogens is 652 g/mol. The molecule has 4 heteroatoms. The Morgan fingerprint density at radius 3 is 1.63 bits per heavy atom. The van der Waals surface area contributed by atoms with Crippen molar-refractivity contribution < 1.29 is 4.57 Å². The third-order valence-electron chi connectivity index (χ3n) is 11.4. The summed E-state index contributed by atoms with van der Waals surface area (Å²) >= 11 is 0. The fraction of sp³-hybridized carbons (Fsp3) is 0. The number of rotatable bonds is 2. The molecule has 10 aromatic rings. The van der Waals surface area contributed by atoms with Gasteiger partial charge in [-0.3, -0.25) is 0 Å². The highest BCUT2D eigenvalue weighted by atomic mass is 31.2. The number of para-hydroxylation sites is 2. The lowest BCUT2D eigenvalue weighted by molar-refractivity contribution is 0.592. The summed E-state index contributed by atoms with van der Waals surface area (Å²) in [4.78, 5) is 4.74. The first-order valence-corrected chi connectivity index (χ1v) is 19.5. The Labute approximate surface area is 300 Å². The Morgan fingerprint density at radius 2 is 0.904 bits per heavy atom. The van der Waals surface area contributed by atoms with E-state index < -0.39 is 7.14 Å². The second kappa shape index (κ2) is 10.1. The van der Waals surface area contributed by atoms with Crippen LogP contribution in [0.3, 0.4) is 0 Å². The molecule has 0 aliphatic carbocycles. The lowest BCUT2D eigenvalue weighted by Crippen LogP contribution is -2.43. The van der Waals surface area contributed by atoms with Crippen LogP contribution in [-0.4, -0.2) is 0 Å². The largest absolute Gasteiger partial charge is 0.308 e. The van der Waals surface area contributed by atoms with Gasteiger partial charge in [0, 0.05) is 32.8 Å². The Hall–Kier alpha value is -6.41. The average molecular weight is 681 g/mol. The summed E-state index contributed by atoms with van der Waals surface area (Å²) in [5.41, 5.74) is 5.99. The summed E-state index contributed by atoms with van der Waals surface area (Å²) in [6.07, 6.45) is 0. The molecule has 12 rings (SSSR count). The predicted molar refractivity (Wildman–Crippen MR) is 221 cm³/mol. The van der Waals surface area contributed by atoms with E-state index in [1.54, 1.807) is 0 Å². The summed E-state index contributed by atoms with van der Waals surface area (Å²) in [6.45, 7) is 0. The van der Waals surface area contributed by atoms with Gasteiger partial charge >= 0.3 is 0 Å². The predicted octanol–water partition coefficient (Wildman–Crippen LogP) is 12.1. The zero-order valence-corrected chi connectivity index (χ0v) is 28.9. The molecule has 3 nitrogen and oxygen atoms in total. The fourth-order valence-corrected chi connectivity index (χ4v) is 12.7. The zero-order chi connectivity index (χ0) is 34.1. The Balaban J connectivity index is 1.30. The maximum absolute atomic E-state index is 17.1. The van der Waals surface area contributed by atoms with E-state index in [1.807, 2.05) is 0 Å². The molecule has 52 heavy (non-hydrogen) atoms. The third-order valence-corrected chi connectivity index (χ3v) is 14.6. The molecule has 2 aliphatic rings. The second-order valence-electron chi connectivity index (χ2n) is 14.0. The minimum Gasteiger partial charge on any atom is -0.308 e. The summed E-state index contributed by atoms with van der Waals surface area (Å²) in [7, 11) is -3.50. The van der Waals surface area contributed by atoms with Crippen molar-refractivity contribution in [2.45, 2.75) is 0 Å².